The smallest absolute Gasteiger partial charge is 0.0741 e. The predicted octanol–water partition coefficient (Wildman–Crippen LogP) is 2.36. The fourth-order valence-electron chi connectivity index (χ4n) is 1.98. The molecule has 1 aromatic carbocycles. The Bertz CT molecular complexity index is 357. The molecule has 1 fully saturated rings. The third-order valence-corrected chi connectivity index (χ3v) is 2.84. The van der Waals surface area contributed by atoms with Crippen LogP contribution in [0.25, 0.3) is 0 Å². The molecule has 2 rings (SSSR count). The maximum Gasteiger partial charge on any atom is 0.0741 e. The van der Waals surface area contributed by atoms with Crippen molar-refractivity contribution in [3.05, 3.63) is 35.9 Å². The second-order valence-electron chi connectivity index (χ2n) is 3.88. The van der Waals surface area contributed by atoms with Crippen molar-refractivity contribution in [2.45, 2.75) is 19.0 Å². The molecule has 1 aliphatic heterocycles. The van der Waals surface area contributed by atoms with Gasteiger partial charge in [-0.2, -0.15) is 0 Å². The van der Waals surface area contributed by atoms with E-state index in [0.29, 0.717) is 6.04 Å². The molecule has 0 aromatic heterocycles. The molecule has 3 heteroatoms. The van der Waals surface area contributed by atoms with Gasteiger partial charge in [0.15, 0.2) is 0 Å². The zero-order valence-corrected chi connectivity index (χ0v) is 9.41. The molecule has 0 aliphatic carbocycles. The van der Waals surface area contributed by atoms with E-state index in [0.717, 1.165) is 26.1 Å². The topological polar surface area (TPSA) is 15.6 Å². The normalized spacial score (nSPS) is 21.2. The fraction of sp³-hybridized carbons (Fsp3) is 0.417. The van der Waals surface area contributed by atoms with E-state index in [4.69, 9.17) is 0 Å². The summed E-state index contributed by atoms with van der Waals surface area (Å²) < 4.78 is 0. The molecule has 1 aromatic rings. The van der Waals surface area contributed by atoms with E-state index in [2.05, 4.69) is 51.5 Å². The van der Waals surface area contributed by atoms with Crippen LogP contribution in [-0.2, 0) is 6.54 Å². The summed E-state index contributed by atoms with van der Waals surface area (Å²) in [6, 6.07) is 10.9. The van der Waals surface area contributed by atoms with Crippen LogP contribution in [0.5, 0.6) is 0 Å². The van der Waals surface area contributed by atoms with Crippen LogP contribution in [0, 0.1) is 0 Å². The second kappa shape index (κ2) is 5.17. The van der Waals surface area contributed by atoms with E-state index < -0.39 is 0 Å². The molecule has 1 saturated heterocycles. The number of isothiocyanates is 1. The average molecular weight is 218 g/mol. The maximum absolute atomic E-state index is 4.62. The lowest BCUT2D eigenvalue weighted by molar-refractivity contribution is 0.327. The van der Waals surface area contributed by atoms with E-state index in [1.165, 1.54) is 5.56 Å². The van der Waals surface area contributed by atoms with Crippen LogP contribution in [0.2, 0.25) is 0 Å². The highest BCUT2D eigenvalue weighted by atomic mass is 32.1. The fourth-order valence-corrected chi connectivity index (χ4v) is 2.13. The highest BCUT2D eigenvalue weighted by molar-refractivity contribution is 7.78. The minimum Gasteiger partial charge on any atom is -0.297 e. The number of benzene rings is 1. The minimum atomic E-state index is 0.367. The zero-order valence-electron chi connectivity index (χ0n) is 8.60. The number of hydrogen-bond donors (Lipinski definition) is 0. The summed E-state index contributed by atoms with van der Waals surface area (Å²) in [5, 5.41) is 2.48. The van der Waals surface area contributed by atoms with E-state index in [1.54, 1.807) is 0 Å². The van der Waals surface area contributed by atoms with Crippen LogP contribution in [0.4, 0.5) is 0 Å². The first-order chi connectivity index (χ1) is 7.38. The van der Waals surface area contributed by atoms with Crippen LogP contribution >= 0.6 is 12.2 Å². The molecule has 0 radical (unpaired) electrons. The highest BCUT2D eigenvalue weighted by Gasteiger charge is 2.21. The Labute approximate surface area is 95.6 Å². The van der Waals surface area contributed by atoms with E-state index in [-0.39, 0.29) is 0 Å². The molecule has 1 unspecified atom stereocenters. The molecular weight excluding hydrogens is 204 g/mol. The average Bonchev–Trinajstić information content (AvgIpc) is 2.68. The summed E-state index contributed by atoms with van der Waals surface area (Å²) in [5.74, 6) is 0. The molecule has 1 atom stereocenters. The van der Waals surface area contributed by atoms with Crippen LogP contribution in [0.15, 0.2) is 35.3 Å². The number of hydrogen-bond acceptors (Lipinski definition) is 3. The van der Waals surface area contributed by atoms with Crippen molar-refractivity contribution in [3.63, 3.8) is 0 Å². The summed E-state index contributed by atoms with van der Waals surface area (Å²) in [5.41, 5.74) is 1.37. The molecule has 0 spiro atoms. The Hall–Kier alpha value is -1.02. The van der Waals surface area contributed by atoms with Crippen molar-refractivity contribution >= 4 is 17.4 Å². The quantitative estimate of drug-likeness (QED) is 0.572. The lowest BCUT2D eigenvalue weighted by Crippen LogP contribution is -2.20. The van der Waals surface area contributed by atoms with E-state index >= 15 is 0 Å². The molecule has 1 aliphatic rings. The molecule has 78 valence electrons. The summed E-state index contributed by atoms with van der Waals surface area (Å²) in [4.78, 5) is 6.55. The second-order valence-corrected chi connectivity index (χ2v) is 4.07. The minimum absolute atomic E-state index is 0.367. The maximum atomic E-state index is 4.62. The van der Waals surface area contributed by atoms with Gasteiger partial charge in [0.1, 0.15) is 0 Å². The lowest BCUT2D eigenvalue weighted by Gasteiger charge is -2.14. The molecule has 0 bridgehead atoms. The van der Waals surface area contributed by atoms with Gasteiger partial charge in [-0.1, -0.05) is 30.3 Å². The first kappa shape index (κ1) is 10.5. The summed E-state index contributed by atoms with van der Waals surface area (Å²) in [7, 11) is 0. The monoisotopic (exact) mass is 218 g/mol. The molecule has 0 saturated carbocycles. The van der Waals surface area contributed by atoms with Gasteiger partial charge in [0.25, 0.3) is 0 Å². The van der Waals surface area contributed by atoms with Gasteiger partial charge in [-0.25, -0.2) is 4.99 Å². The Balaban J connectivity index is 1.90. The van der Waals surface area contributed by atoms with Gasteiger partial charge < -0.3 is 0 Å². The Morgan fingerprint density at radius 2 is 2.20 bits per heavy atom. The van der Waals surface area contributed by atoms with Crippen LogP contribution in [-0.4, -0.2) is 29.2 Å². The van der Waals surface area contributed by atoms with Crippen molar-refractivity contribution in [2.75, 3.05) is 13.1 Å². The number of nitrogens with zero attached hydrogens (tertiary/aromatic N) is 2. The van der Waals surface area contributed by atoms with Gasteiger partial charge in [0, 0.05) is 19.6 Å². The summed E-state index contributed by atoms with van der Waals surface area (Å²) in [6.07, 6.45) is 1.11. The Morgan fingerprint density at radius 3 is 2.93 bits per heavy atom. The van der Waals surface area contributed by atoms with E-state index in [9.17, 15) is 0 Å². The lowest BCUT2D eigenvalue weighted by atomic mass is 10.2. The van der Waals surface area contributed by atoms with Crippen molar-refractivity contribution < 1.29 is 0 Å². The first-order valence-electron chi connectivity index (χ1n) is 5.22. The van der Waals surface area contributed by atoms with Gasteiger partial charge in [0.2, 0.25) is 0 Å². The van der Waals surface area contributed by atoms with Gasteiger partial charge in [0.05, 0.1) is 11.2 Å². The molecule has 0 N–H and O–H groups in total. The van der Waals surface area contributed by atoms with E-state index in [1.807, 2.05) is 6.07 Å². The first-order valence-corrected chi connectivity index (χ1v) is 5.62. The third kappa shape index (κ3) is 2.96. The molecule has 15 heavy (non-hydrogen) atoms. The van der Waals surface area contributed by atoms with Gasteiger partial charge in [-0.05, 0) is 24.2 Å². The van der Waals surface area contributed by atoms with Gasteiger partial charge in [-0.15, -0.1) is 0 Å². The standard InChI is InChI=1S/C12H14N2S/c15-10-13-12-6-7-14(9-12)8-11-4-2-1-3-5-11/h1-5,12H,6-9H2. The Morgan fingerprint density at radius 1 is 1.40 bits per heavy atom. The number of aliphatic imine (C=N–C) groups is 1. The SMILES string of the molecule is S=C=NC1CCN(Cc2ccccc2)C1. The molecule has 2 nitrogen and oxygen atoms in total. The summed E-state index contributed by atoms with van der Waals surface area (Å²) in [6.45, 7) is 3.14. The summed E-state index contributed by atoms with van der Waals surface area (Å²) >= 11 is 4.62. The van der Waals surface area contributed by atoms with Gasteiger partial charge in [-0.3, -0.25) is 4.90 Å². The van der Waals surface area contributed by atoms with Crippen molar-refractivity contribution in [2.24, 2.45) is 4.99 Å². The van der Waals surface area contributed by atoms with Gasteiger partial charge >= 0.3 is 0 Å². The Kier molecular flexibility index (Phi) is 3.62. The molecular formula is C12H14N2S. The molecule has 0 amide bonds. The van der Waals surface area contributed by atoms with Crippen LogP contribution in [0.1, 0.15) is 12.0 Å². The third-order valence-electron chi connectivity index (χ3n) is 2.73. The number of thiocarbonyl (C=S) groups is 1. The number of rotatable bonds is 3. The van der Waals surface area contributed by atoms with Crippen LogP contribution in [0.3, 0.4) is 0 Å². The number of likely N-dealkylation sites (tertiary alicyclic amines) is 1. The van der Waals surface area contributed by atoms with Crippen molar-refractivity contribution in [1.29, 1.82) is 0 Å². The van der Waals surface area contributed by atoms with Crippen LogP contribution < -0.4 is 0 Å². The van der Waals surface area contributed by atoms with Crippen molar-refractivity contribution in [1.82, 2.24) is 4.90 Å². The zero-order chi connectivity index (χ0) is 10.5. The largest absolute Gasteiger partial charge is 0.297 e. The molecule has 1 heterocycles. The predicted molar refractivity (Wildman–Crippen MR) is 65.2 cm³/mol. The highest BCUT2D eigenvalue weighted by Crippen LogP contribution is 2.15. The van der Waals surface area contributed by atoms with Crippen molar-refractivity contribution in [3.8, 4) is 0 Å².